The lowest BCUT2D eigenvalue weighted by Crippen LogP contribution is -1.98. The summed E-state index contributed by atoms with van der Waals surface area (Å²) in [6, 6.07) is 10.7. The lowest BCUT2D eigenvalue weighted by Gasteiger charge is -1.91. The number of sulfone groups is 1. The number of nitriles is 1. The summed E-state index contributed by atoms with van der Waals surface area (Å²) in [5.41, 5.74) is 0.800. The van der Waals surface area contributed by atoms with Crippen LogP contribution in [0.5, 0.6) is 0 Å². The minimum absolute atomic E-state index is 0.476. The lowest BCUT2D eigenvalue weighted by molar-refractivity contribution is 0.608. The Bertz CT molecular complexity index is 455. The zero-order valence-corrected chi connectivity index (χ0v) is 8.24. The molecule has 0 heterocycles. The van der Waals surface area contributed by atoms with Gasteiger partial charge in [-0.25, -0.2) is 8.42 Å². The van der Waals surface area contributed by atoms with E-state index in [4.69, 9.17) is 5.26 Å². The van der Waals surface area contributed by atoms with Gasteiger partial charge in [0.1, 0.15) is 5.75 Å². The molecule has 72 valence electrons. The highest BCUT2D eigenvalue weighted by Crippen LogP contribution is 2.03. The molecule has 1 rings (SSSR count). The van der Waals surface area contributed by atoms with Gasteiger partial charge in [0.2, 0.25) is 0 Å². The molecule has 1 aromatic rings. The molecule has 4 heteroatoms. The Labute approximate surface area is 83.2 Å². The van der Waals surface area contributed by atoms with Crippen LogP contribution in [0, 0.1) is 11.3 Å². The standard InChI is InChI=1S/C10H9NO2S/c11-7-9-14(12,13)8-6-10-4-2-1-3-5-10/h1-6,8H,9H2. The summed E-state index contributed by atoms with van der Waals surface area (Å²) >= 11 is 0. The first-order valence-corrected chi connectivity index (χ1v) is 5.68. The molecule has 1 aromatic carbocycles. The third kappa shape index (κ3) is 3.42. The Morgan fingerprint density at radius 3 is 2.50 bits per heavy atom. The zero-order valence-electron chi connectivity index (χ0n) is 7.42. The summed E-state index contributed by atoms with van der Waals surface area (Å²) in [7, 11) is -3.37. The normalized spacial score (nSPS) is 11.4. The molecular formula is C10H9NO2S. The number of hydrogen-bond acceptors (Lipinski definition) is 3. The summed E-state index contributed by atoms with van der Waals surface area (Å²) in [5, 5.41) is 9.30. The first-order valence-electron chi connectivity index (χ1n) is 3.97. The van der Waals surface area contributed by atoms with Gasteiger partial charge in [0, 0.05) is 5.41 Å². The Hall–Kier alpha value is -1.60. The molecule has 0 saturated carbocycles. The Morgan fingerprint density at radius 1 is 1.29 bits per heavy atom. The Morgan fingerprint density at radius 2 is 1.93 bits per heavy atom. The van der Waals surface area contributed by atoms with Crippen LogP contribution in [0.1, 0.15) is 5.56 Å². The molecule has 0 amide bonds. The van der Waals surface area contributed by atoms with E-state index in [9.17, 15) is 8.42 Å². The smallest absolute Gasteiger partial charge is 0.184 e. The van der Waals surface area contributed by atoms with E-state index in [1.807, 2.05) is 18.2 Å². The first-order chi connectivity index (χ1) is 6.64. The van der Waals surface area contributed by atoms with E-state index < -0.39 is 15.6 Å². The van der Waals surface area contributed by atoms with Gasteiger partial charge >= 0.3 is 0 Å². The van der Waals surface area contributed by atoms with Crippen LogP contribution in [-0.2, 0) is 9.84 Å². The second-order valence-corrected chi connectivity index (χ2v) is 4.57. The van der Waals surface area contributed by atoms with Gasteiger partial charge in [0.15, 0.2) is 9.84 Å². The molecule has 0 radical (unpaired) electrons. The van der Waals surface area contributed by atoms with Crippen molar-refractivity contribution in [3.8, 4) is 6.07 Å². The molecule has 0 aliphatic heterocycles. The van der Waals surface area contributed by atoms with Crippen LogP contribution in [0.3, 0.4) is 0 Å². The van der Waals surface area contributed by atoms with Crippen molar-refractivity contribution in [2.45, 2.75) is 0 Å². The third-order valence-corrected chi connectivity index (χ3v) is 2.62. The van der Waals surface area contributed by atoms with Crippen LogP contribution in [0.2, 0.25) is 0 Å². The minimum atomic E-state index is -3.37. The number of nitrogens with zero attached hydrogens (tertiary/aromatic N) is 1. The van der Waals surface area contributed by atoms with Crippen molar-refractivity contribution in [3.63, 3.8) is 0 Å². The number of hydrogen-bond donors (Lipinski definition) is 0. The fourth-order valence-electron chi connectivity index (χ4n) is 0.884. The van der Waals surface area contributed by atoms with Crippen LogP contribution >= 0.6 is 0 Å². The highest BCUT2D eigenvalue weighted by atomic mass is 32.2. The second-order valence-electron chi connectivity index (χ2n) is 2.68. The molecule has 0 bridgehead atoms. The molecule has 0 aromatic heterocycles. The summed E-state index contributed by atoms with van der Waals surface area (Å²) in [6.07, 6.45) is 1.48. The maximum atomic E-state index is 11.1. The Balaban J connectivity index is 2.81. The number of rotatable bonds is 3. The van der Waals surface area contributed by atoms with Gasteiger partial charge in [-0.05, 0) is 11.6 Å². The van der Waals surface area contributed by atoms with E-state index in [0.717, 1.165) is 11.0 Å². The highest BCUT2D eigenvalue weighted by Gasteiger charge is 2.02. The average Bonchev–Trinajstić information content (AvgIpc) is 2.17. The molecule has 0 aliphatic carbocycles. The molecule has 0 saturated heterocycles. The van der Waals surface area contributed by atoms with Crippen LogP contribution in [0.4, 0.5) is 0 Å². The topological polar surface area (TPSA) is 57.9 Å². The van der Waals surface area contributed by atoms with Gasteiger partial charge in [-0.15, -0.1) is 0 Å². The summed E-state index contributed by atoms with van der Waals surface area (Å²) in [5.74, 6) is -0.476. The molecule has 0 unspecified atom stereocenters. The fraction of sp³-hybridized carbons (Fsp3) is 0.100. The first kappa shape index (κ1) is 10.5. The van der Waals surface area contributed by atoms with Crippen LogP contribution in [-0.4, -0.2) is 14.2 Å². The van der Waals surface area contributed by atoms with Crippen molar-refractivity contribution in [2.24, 2.45) is 0 Å². The summed E-state index contributed by atoms with van der Waals surface area (Å²) in [6.45, 7) is 0. The van der Waals surface area contributed by atoms with Crippen LogP contribution in [0.15, 0.2) is 35.7 Å². The molecule has 3 nitrogen and oxygen atoms in total. The van der Waals surface area contributed by atoms with Gasteiger partial charge in [0.25, 0.3) is 0 Å². The third-order valence-electron chi connectivity index (χ3n) is 1.53. The van der Waals surface area contributed by atoms with E-state index in [1.54, 1.807) is 18.2 Å². The molecule has 0 spiro atoms. The lowest BCUT2D eigenvalue weighted by atomic mass is 10.2. The van der Waals surface area contributed by atoms with E-state index in [1.165, 1.54) is 6.08 Å². The Kier molecular flexibility index (Phi) is 3.43. The van der Waals surface area contributed by atoms with Gasteiger partial charge in [-0.3, -0.25) is 0 Å². The molecule has 0 N–H and O–H groups in total. The van der Waals surface area contributed by atoms with Crippen molar-refractivity contribution in [3.05, 3.63) is 41.3 Å². The van der Waals surface area contributed by atoms with Gasteiger partial charge in [0.05, 0.1) is 6.07 Å². The maximum Gasteiger partial charge on any atom is 0.184 e. The van der Waals surface area contributed by atoms with Gasteiger partial charge < -0.3 is 0 Å². The molecule has 14 heavy (non-hydrogen) atoms. The van der Waals surface area contributed by atoms with E-state index in [2.05, 4.69) is 0 Å². The van der Waals surface area contributed by atoms with Gasteiger partial charge in [-0.1, -0.05) is 30.3 Å². The fourth-order valence-corrected chi connectivity index (χ4v) is 1.53. The monoisotopic (exact) mass is 207 g/mol. The molecule has 0 atom stereocenters. The molecular weight excluding hydrogens is 198 g/mol. The predicted octanol–water partition coefficient (Wildman–Crippen LogP) is 1.60. The molecule has 0 fully saturated rings. The van der Waals surface area contributed by atoms with Crippen LogP contribution < -0.4 is 0 Å². The van der Waals surface area contributed by atoms with Crippen LogP contribution in [0.25, 0.3) is 6.08 Å². The van der Waals surface area contributed by atoms with Crippen molar-refractivity contribution in [2.75, 3.05) is 5.75 Å². The minimum Gasteiger partial charge on any atom is -0.223 e. The SMILES string of the molecule is N#CCS(=O)(=O)C=Cc1ccccc1. The van der Waals surface area contributed by atoms with Gasteiger partial charge in [-0.2, -0.15) is 5.26 Å². The van der Waals surface area contributed by atoms with E-state index >= 15 is 0 Å². The van der Waals surface area contributed by atoms with Crippen molar-refractivity contribution in [1.29, 1.82) is 5.26 Å². The zero-order chi connectivity index (χ0) is 10.4. The largest absolute Gasteiger partial charge is 0.223 e. The highest BCUT2D eigenvalue weighted by molar-refractivity contribution is 7.94. The second kappa shape index (κ2) is 4.58. The van der Waals surface area contributed by atoms with Crippen molar-refractivity contribution >= 4 is 15.9 Å². The predicted molar refractivity (Wildman–Crippen MR) is 54.9 cm³/mol. The maximum absolute atomic E-state index is 11.1. The summed E-state index contributed by atoms with van der Waals surface area (Å²) < 4.78 is 22.2. The van der Waals surface area contributed by atoms with Crippen molar-refractivity contribution < 1.29 is 8.42 Å². The molecule has 0 aliphatic rings. The summed E-state index contributed by atoms with van der Waals surface area (Å²) in [4.78, 5) is 0. The van der Waals surface area contributed by atoms with Crippen molar-refractivity contribution in [1.82, 2.24) is 0 Å². The average molecular weight is 207 g/mol. The number of benzene rings is 1. The quantitative estimate of drug-likeness (QED) is 0.756. The van der Waals surface area contributed by atoms with E-state index in [-0.39, 0.29) is 0 Å². The van der Waals surface area contributed by atoms with E-state index in [0.29, 0.717) is 0 Å².